The van der Waals surface area contributed by atoms with Crippen LogP contribution in [0.3, 0.4) is 0 Å². The second kappa shape index (κ2) is 11.8. The summed E-state index contributed by atoms with van der Waals surface area (Å²) in [6.45, 7) is 4.42. The van der Waals surface area contributed by atoms with E-state index in [2.05, 4.69) is 19.9 Å². The fourth-order valence-electron chi connectivity index (χ4n) is 1.64. The fourth-order valence-corrected chi connectivity index (χ4v) is 1.64. The molecule has 0 saturated carbocycles. The predicted octanol–water partition coefficient (Wildman–Crippen LogP) is 4.45. The van der Waals surface area contributed by atoms with Gasteiger partial charge in [-0.05, 0) is 19.3 Å². The number of unbranched alkanes of at least 4 members (excludes halogenated alkanes) is 6. The number of allylic oxidation sites excluding steroid dienone is 1. The molecule has 0 aliphatic rings. The van der Waals surface area contributed by atoms with E-state index < -0.39 is 0 Å². The minimum atomic E-state index is -0.206. The molecule has 0 heterocycles. The third-order valence-corrected chi connectivity index (χ3v) is 2.69. The van der Waals surface area contributed by atoms with Crippen LogP contribution in [0.4, 0.5) is 0 Å². The van der Waals surface area contributed by atoms with Crippen molar-refractivity contribution in [2.45, 2.75) is 77.7 Å². The Morgan fingerprint density at radius 2 is 1.60 bits per heavy atom. The zero-order chi connectivity index (χ0) is 11.4. The Morgan fingerprint density at radius 1 is 0.933 bits per heavy atom. The quantitative estimate of drug-likeness (QED) is 0.419. The number of aliphatic hydroxyl groups excluding tert-OH is 1. The lowest BCUT2D eigenvalue weighted by Gasteiger charge is -2.03. The molecule has 15 heavy (non-hydrogen) atoms. The highest BCUT2D eigenvalue weighted by molar-refractivity contribution is 4.88. The van der Waals surface area contributed by atoms with E-state index in [1.54, 1.807) is 0 Å². The van der Waals surface area contributed by atoms with Crippen molar-refractivity contribution in [2.75, 3.05) is 0 Å². The van der Waals surface area contributed by atoms with Gasteiger partial charge in [-0.3, -0.25) is 0 Å². The van der Waals surface area contributed by atoms with Crippen molar-refractivity contribution in [2.24, 2.45) is 0 Å². The van der Waals surface area contributed by atoms with E-state index in [4.69, 9.17) is 0 Å². The van der Waals surface area contributed by atoms with E-state index in [-0.39, 0.29) is 6.10 Å². The maximum atomic E-state index is 9.59. The summed E-state index contributed by atoms with van der Waals surface area (Å²) in [7, 11) is 0. The van der Waals surface area contributed by atoms with Crippen LogP contribution in [0, 0.1) is 0 Å². The van der Waals surface area contributed by atoms with Gasteiger partial charge in [0.25, 0.3) is 0 Å². The van der Waals surface area contributed by atoms with Crippen molar-refractivity contribution in [3.63, 3.8) is 0 Å². The normalized spacial score (nSPS) is 13.5. The van der Waals surface area contributed by atoms with Gasteiger partial charge in [0.2, 0.25) is 0 Å². The largest absolute Gasteiger partial charge is 0.389 e. The number of hydrogen-bond donors (Lipinski definition) is 1. The van der Waals surface area contributed by atoms with Gasteiger partial charge in [-0.15, -0.1) is 0 Å². The van der Waals surface area contributed by atoms with Crippen LogP contribution in [-0.2, 0) is 0 Å². The molecule has 0 aromatic rings. The first kappa shape index (κ1) is 14.7. The van der Waals surface area contributed by atoms with Crippen molar-refractivity contribution in [1.82, 2.24) is 0 Å². The molecule has 1 heteroatoms. The zero-order valence-electron chi connectivity index (χ0n) is 10.5. The van der Waals surface area contributed by atoms with E-state index >= 15 is 0 Å². The molecule has 1 N–H and O–H groups in total. The molecule has 0 amide bonds. The Labute approximate surface area is 95.6 Å². The minimum Gasteiger partial charge on any atom is -0.389 e. The van der Waals surface area contributed by atoms with Crippen LogP contribution in [-0.4, -0.2) is 11.2 Å². The molecule has 0 saturated heterocycles. The molecule has 0 bridgehead atoms. The summed E-state index contributed by atoms with van der Waals surface area (Å²) in [5, 5.41) is 9.59. The molecule has 90 valence electrons. The molecule has 1 nitrogen and oxygen atoms in total. The lowest BCUT2D eigenvalue weighted by molar-refractivity contribution is 0.208. The van der Waals surface area contributed by atoms with Gasteiger partial charge in [-0.1, -0.05) is 64.5 Å². The van der Waals surface area contributed by atoms with Gasteiger partial charge in [-0.25, -0.2) is 0 Å². The van der Waals surface area contributed by atoms with Crippen LogP contribution in [0.1, 0.15) is 71.6 Å². The average Bonchev–Trinajstić information content (AvgIpc) is 2.23. The number of rotatable bonds is 10. The summed E-state index contributed by atoms with van der Waals surface area (Å²) >= 11 is 0. The summed E-state index contributed by atoms with van der Waals surface area (Å²) in [4.78, 5) is 0. The van der Waals surface area contributed by atoms with Gasteiger partial charge in [0.05, 0.1) is 6.10 Å². The SMILES string of the molecule is CCCCCC/C=C/[C@H](O)CCCCC. The summed E-state index contributed by atoms with van der Waals surface area (Å²) < 4.78 is 0. The lowest BCUT2D eigenvalue weighted by Crippen LogP contribution is -2.01. The molecule has 0 aromatic heterocycles. The smallest absolute Gasteiger partial charge is 0.0720 e. The standard InChI is InChI=1S/C14H28O/c1-3-5-7-8-9-11-13-14(15)12-10-6-4-2/h11,13-15H,3-10,12H2,1-2H3/b13-11+/t14-/m1/s1. The van der Waals surface area contributed by atoms with Crippen LogP contribution < -0.4 is 0 Å². The van der Waals surface area contributed by atoms with E-state index in [1.165, 1.54) is 38.5 Å². The molecule has 0 aliphatic carbocycles. The number of hydrogen-bond acceptors (Lipinski definition) is 1. The molecule has 0 spiro atoms. The van der Waals surface area contributed by atoms with Crippen molar-refractivity contribution in [3.05, 3.63) is 12.2 Å². The van der Waals surface area contributed by atoms with Crippen LogP contribution in [0.2, 0.25) is 0 Å². The first-order valence-electron chi connectivity index (χ1n) is 6.66. The molecule has 0 rings (SSSR count). The predicted molar refractivity (Wildman–Crippen MR) is 68.0 cm³/mol. The van der Waals surface area contributed by atoms with E-state index in [1.807, 2.05) is 6.08 Å². The summed E-state index contributed by atoms with van der Waals surface area (Å²) in [6.07, 6.45) is 14.8. The molecule has 0 unspecified atom stereocenters. The first-order chi connectivity index (χ1) is 7.31. The Balaban J connectivity index is 3.25. The van der Waals surface area contributed by atoms with Crippen molar-refractivity contribution >= 4 is 0 Å². The Kier molecular flexibility index (Phi) is 11.5. The Morgan fingerprint density at radius 3 is 2.27 bits per heavy atom. The first-order valence-corrected chi connectivity index (χ1v) is 6.66. The molecule has 0 radical (unpaired) electrons. The molecule has 0 aliphatic heterocycles. The van der Waals surface area contributed by atoms with Gasteiger partial charge in [0.15, 0.2) is 0 Å². The molecular formula is C14H28O. The van der Waals surface area contributed by atoms with Gasteiger partial charge >= 0.3 is 0 Å². The molecule has 0 fully saturated rings. The second-order valence-corrected chi connectivity index (χ2v) is 4.34. The maximum Gasteiger partial charge on any atom is 0.0720 e. The third-order valence-electron chi connectivity index (χ3n) is 2.69. The second-order valence-electron chi connectivity index (χ2n) is 4.34. The van der Waals surface area contributed by atoms with E-state index in [0.717, 1.165) is 19.3 Å². The van der Waals surface area contributed by atoms with Gasteiger partial charge in [-0.2, -0.15) is 0 Å². The zero-order valence-corrected chi connectivity index (χ0v) is 10.5. The highest BCUT2D eigenvalue weighted by Gasteiger charge is 1.97. The Bertz CT molecular complexity index is 140. The third kappa shape index (κ3) is 11.6. The maximum absolute atomic E-state index is 9.59. The van der Waals surface area contributed by atoms with Gasteiger partial charge in [0, 0.05) is 0 Å². The molecular weight excluding hydrogens is 184 g/mol. The topological polar surface area (TPSA) is 20.2 Å². The summed E-state index contributed by atoms with van der Waals surface area (Å²) in [5.41, 5.74) is 0. The molecule has 1 atom stereocenters. The highest BCUT2D eigenvalue weighted by Crippen LogP contribution is 2.06. The van der Waals surface area contributed by atoms with E-state index in [9.17, 15) is 5.11 Å². The highest BCUT2D eigenvalue weighted by atomic mass is 16.3. The van der Waals surface area contributed by atoms with Gasteiger partial charge < -0.3 is 5.11 Å². The van der Waals surface area contributed by atoms with Crippen molar-refractivity contribution < 1.29 is 5.11 Å². The van der Waals surface area contributed by atoms with Crippen molar-refractivity contribution in [1.29, 1.82) is 0 Å². The lowest BCUT2D eigenvalue weighted by atomic mass is 10.1. The summed E-state index contributed by atoms with van der Waals surface area (Å²) in [6, 6.07) is 0. The summed E-state index contributed by atoms with van der Waals surface area (Å²) in [5.74, 6) is 0. The monoisotopic (exact) mass is 212 g/mol. The van der Waals surface area contributed by atoms with Crippen LogP contribution in [0.25, 0.3) is 0 Å². The average molecular weight is 212 g/mol. The van der Waals surface area contributed by atoms with Crippen LogP contribution >= 0.6 is 0 Å². The van der Waals surface area contributed by atoms with Crippen molar-refractivity contribution in [3.8, 4) is 0 Å². The Hall–Kier alpha value is -0.300. The van der Waals surface area contributed by atoms with Crippen LogP contribution in [0.5, 0.6) is 0 Å². The number of aliphatic hydroxyl groups is 1. The fraction of sp³-hybridized carbons (Fsp3) is 0.857. The molecule has 0 aromatic carbocycles. The van der Waals surface area contributed by atoms with E-state index in [0.29, 0.717) is 0 Å². The van der Waals surface area contributed by atoms with Gasteiger partial charge in [0.1, 0.15) is 0 Å². The van der Waals surface area contributed by atoms with Crippen LogP contribution in [0.15, 0.2) is 12.2 Å². The minimum absolute atomic E-state index is 0.206.